The minimum atomic E-state index is -0.0486. The van der Waals surface area contributed by atoms with Gasteiger partial charge in [0, 0.05) is 0 Å². The molecule has 0 fully saturated rings. The predicted molar refractivity (Wildman–Crippen MR) is 40.7 cm³/mol. The minimum absolute atomic E-state index is 0.0486. The Morgan fingerprint density at radius 3 is 2.10 bits per heavy atom. The van der Waals surface area contributed by atoms with E-state index in [1.807, 2.05) is 20.8 Å². The number of rotatable bonds is 4. The van der Waals surface area contributed by atoms with E-state index in [0.717, 1.165) is 12.8 Å². The van der Waals surface area contributed by atoms with E-state index in [1.54, 1.807) is 0 Å². The summed E-state index contributed by atoms with van der Waals surface area (Å²) in [5.41, 5.74) is 0. The summed E-state index contributed by atoms with van der Waals surface area (Å²) in [4.78, 5) is 11.0. The van der Waals surface area contributed by atoms with Crippen molar-refractivity contribution in [3.63, 3.8) is 0 Å². The molecule has 0 aromatic heterocycles. The lowest BCUT2D eigenvalue weighted by atomic mass is 10.0. The van der Waals surface area contributed by atoms with Crippen LogP contribution in [-0.2, 0) is 9.53 Å². The minimum Gasteiger partial charge on any atom is -0.466 e. The van der Waals surface area contributed by atoms with Gasteiger partial charge in [0.15, 0.2) is 0 Å². The Morgan fingerprint density at radius 1 is 1.30 bits per heavy atom. The molecule has 0 heterocycles. The van der Waals surface area contributed by atoms with E-state index in [9.17, 15) is 4.79 Å². The highest BCUT2D eigenvalue weighted by atomic mass is 16.5. The van der Waals surface area contributed by atoms with Crippen molar-refractivity contribution in [2.45, 2.75) is 33.6 Å². The summed E-state index contributed by atoms with van der Waals surface area (Å²) in [6, 6.07) is 0. The van der Waals surface area contributed by atoms with Crippen LogP contribution in [0.2, 0.25) is 0 Å². The molecule has 0 radical (unpaired) electrons. The molecular formula is C8H16O2. The molecule has 0 aromatic carbocycles. The molecule has 0 spiro atoms. The monoisotopic (exact) mass is 144 g/mol. The van der Waals surface area contributed by atoms with Crippen LogP contribution in [-0.4, -0.2) is 12.6 Å². The second-order valence-corrected chi connectivity index (χ2v) is 2.27. The number of carbonyl (C=O) groups excluding carboxylic acids is 1. The molecular weight excluding hydrogens is 128 g/mol. The molecule has 0 aliphatic heterocycles. The van der Waals surface area contributed by atoms with Gasteiger partial charge in [-0.3, -0.25) is 4.79 Å². The third-order valence-corrected chi connectivity index (χ3v) is 1.61. The van der Waals surface area contributed by atoms with Gasteiger partial charge in [0.05, 0.1) is 12.5 Å². The molecule has 0 saturated heterocycles. The summed E-state index contributed by atoms with van der Waals surface area (Å²) in [5, 5.41) is 0. The normalized spacial score (nSPS) is 10.0. The van der Waals surface area contributed by atoms with Crippen molar-refractivity contribution < 1.29 is 9.53 Å². The summed E-state index contributed by atoms with van der Waals surface area (Å²) in [7, 11) is 0. The van der Waals surface area contributed by atoms with Crippen LogP contribution in [0.15, 0.2) is 0 Å². The Balaban J connectivity index is 3.65. The third kappa shape index (κ3) is 2.85. The Hall–Kier alpha value is -0.530. The van der Waals surface area contributed by atoms with Gasteiger partial charge in [-0.25, -0.2) is 0 Å². The first-order valence-corrected chi connectivity index (χ1v) is 3.92. The van der Waals surface area contributed by atoms with Gasteiger partial charge < -0.3 is 4.74 Å². The van der Waals surface area contributed by atoms with Crippen molar-refractivity contribution in [1.82, 2.24) is 0 Å². The smallest absolute Gasteiger partial charge is 0.308 e. The average Bonchev–Trinajstić information content (AvgIpc) is 1.91. The Bertz CT molecular complexity index is 95.4. The summed E-state index contributed by atoms with van der Waals surface area (Å²) in [6.07, 6.45) is 1.77. The zero-order valence-corrected chi connectivity index (χ0v) is 7.02. The molecule has 0 amide bonds. The summed E-state index contributed by atoms with van der Waals surface area (Å²) in [6.45, 7) is 6.34. The van der Waals surface area contributed by atoms with Gasteiger partial charge in [-0.15, -0.1) is 0 Å². The van der Waals surface area contributed by atoms with E-state index < -0.39 is 0 Å². The van der Waals surface area contributed by atoms with Crippen molar-refractivity contribution in [2.75, 3.05) is 6.61 Å². The first-order valence-electron chi connectivity index (χ1n) is 3.92. The molecule has 2 nitrogen and oxygen atoms in total. The van der Waals surface area contributed by atoms with Gasteiger partial charge in [-0.05, 0) is 19.8 Å². The Morgan fingerprint density at radius 2 is 1.80 bits per heavy atom. The van der Waals surface area contributed by atoms with Gasteiger partial charge in [0.1, 0.15) is 0 Å². The number of ether oxygens (including phenoxy) is 1. The van der Waals surface area contributed by atoms with Gasteiger partial charge in [-0.2, -0.15) is 0 Å². The Kier molecular flexibility index (Phi) is 4.99. The molecule has 0 atom stereocenters. The van der Waals surface area contributed by atoms with Crippen LogP contribution in [0.3, 0.4) is 0 Å². The van der Waals surface area contributed by atoms with E-state index in [4.69, 9.17) is 4.74 Å². The maximum Gasteiger partial charge on any atom is 0.308 e. The predicted octanol–water partition coefficient (Wildman–Crippen LogP) is 1.99. The molecule has 0 aliphatic carbocycles. The van der Waals surface area contributed by atoms with Gasteiger partial charge >= 0.3 is 5.97 Å². The lowest BCUT2D eigenvalue weighted by Crippen LogP contribution is -2.15. The maximum absolute atomic E-state index is 11.0. The summed E-state index contributed by atoms with van der Waals surface area (Å²) >= 11 is 0. The van der Waals surface area contributed by atoms with Crippen LogP contribution < -0.4 is 0 Å². The molecule has 10 heavy (non-hydrogen) atoms. The van der Waals surface area contributed by atoms with E-state index in [-0.39, 0.29) is 11.9 Å². The largest absolute Gasteiger partial charge is 0.466 e. The number of hydrogen-bond acceptors (Lipinski definition) is 2. The van der Waals surface area contributed by atoms with Crippen LogP contribution in [0, 0.1) is 5.92 Å². The molecule has 0 saturated carbocycles. The van der Waals surface area contributed by atoms with Crippen molar-refractivity contribution >= 4 is 5.97 Å². The van der Waals surface area contributed by atoms with Crippen molar-refractivity contribution in [3.05, 3.63) is 0 Å². The SMILES string of the molecule is CCOC(=O)C(CC)CC. The quantitative estimate of drug-likeness (QED) is 0.564. The van der Waals surface area contributed by atoms with Crippen molar-refractivity contribution in [1.29, 1.82) is 0 Å². The van der Waals surface area contributed by atoms with Crippen LogP contribution in [0.1, 0.15) is 33.6 Å². The zero-order valence-electron chi connectivity index (χ0n) is 7.02. The highest BCUT2D eigenvalue weighted by molar-refractivity contribution is 5.72. The van der Waals surface area contributed by atoms with Crippen molar-refractivity contribution in [3.8, 4) is 0 Å². The highest BCUT2D eigenvalue weighted by Gasteiger charge is 2.13. The first-order chi connectivity index (χ1) is 4.76. The molecule has 2 heteroatoms. The number of esters is 1. The van der Waals surface area contributed by atoms with Crippen LogP contribution in [0.4, 0.5) is 0 Å². The molecule has 0 N–H and O–H groups in total. The van der Waals surface area contributed by atoms with Crippen LogP contribution in [0.5, 0.6) is 0 Å². The summed E-state index contributed by atoms with van der Waals surface area (Å²) < 4.78 is 4.85. The van der Waals surface area contributed by atoms with Crippen molar-refractivity contribution in [2.24, 2.45) is 5.92 Å². The second kappa shape index (κ2) is 5.27. The maximum atomic E-state index is 11.0. The Labute approximate surface area is 62.6 Å². The lowest BCUT2D eigenvalue weighted by Gasteiger charge is -2.09. The zero-order chi connectivity index (χ0) is 7.98. The molecule has 0 aliphatic rings. The fourth-order valence-electron chi connectivity index (χ4n) is 0.882. The molecule has 60 valence electrons. The lowest BCUT2D eigenvalue weighted by molar-refractivity contribution is -0.148. The topological polar surface area (TPSA) is 26.3 Å². The molecule has 0 bridgehead atoms. The average molecular weight is 144 g/mol. The highest BCUT2D eigenvalue weighted by Crippen LogP contribution is 2.08. The van der Waals surface area contributed by atoms with E-state index in [1.165, 1.54) is 0 Å². The molecule has 0 unspecified atom stereocenters. The number of hydrogen-bond donors (Lipinski definition) is 0. The number of carbonyl (C=O) groups is 1. The van der Waals surface area contributed by atoms with Gasteiger partial charge in [0.25, 0.3) is 0 Å². The first kappa shape index (κ1) is 9.47. The van der Waals surface area contributed by atoms with E-state index in [2.05, 4.69) is 0 Å². The van der Waals surface area contributed by atoms with Gasteiger partial charge in [-0.1, -0.05) is 13.8 Å². The third-order valence-electron chi connectivity index (χ3n) is 1.61. The second-order valence-electron chi connectivity index (χ2n) is 2.27. The molecule has 0 rings (SSSR count). The summed E-state index contributed by atoms with van der Waals surface area (Å²) in [5.74, 6) is 0.0625. The fourth-order valence-corrected chi connectivity index (χ4v) is 0.882. The molecule has 0 aromatic rings. The van der Waals surface area contributed by atoms with E-state index in [0.29, 0.717) is 6.61 Å². The van der Waals surface area contributed by atoms with Crippen LogP contribution in [0.25, 0.3) is 0 Å². The standard InChI is InChI=1S/C8H16O2/c1-4-7(5-2)8(9)10-6-3/h7H,4-6H2,1-3H3. The van der Waals surface area contributed by atoms with E-state index >= 15 is 0 Å². The van der Waals surface area contributed by atoms with Gasteiger partial charge in [0.2, 0.25) is 0 Å². The fraction of sp³-hybridized carbons (Fsp3) is 0.875. The van der Waals surface area contributed by atoms with Crippen LogP contribution >= 0.6 is 0 Å².